The third-order valence-corrected chi connectivity index (χ3v) is 5.17. The molecule has 0 saturated heterocycles. The predicted molar refractivity (Wildman–Crippen MR) is 90.7 cm³/mol. The molecule has 1 aromatic heterocycles. The van der Waals surface area contributed by atoms with Gasteiger partial charge in [0.2, 0.25) is 11.1 Å². The summed E-state index contributed by atoms with van der Waals surface area (Å²) in [7, 11) is 0. The van der Waals surface area contributed by atoms with Crippen LogP contribution in [-0.2, 0) is 4.79 Å². The highest BCUT2D eigenvalue weighted by Gasteiger charge is 2.20. The zero-order valence-electron chi connectivity index (χ0n) is 12.9. The molecule has 1 saturated carbocycles. The van der Waals surface area contributed by atoms with Gasteiger partial charge in [0.05, 0.1) is 22.5 Å². The Morgan fingerprint density at radius 3 is 2.92 bits per heavy atom. The van der Waals surface area contributed by atoms with Gasteiger partial charge in [-0.3, -0.25) is 4.79 Å². The number of hydrogen-bond donors (Lipinski definition) is 1. The van der Waals surface area contributed by atoms with Crippen molar-refractivity contribution in [2.75, 3.05) is 11.1 Å². The molecule has 24 heavy (non-hydrogen) atoms. The van der Waals surface area contributed by atoms with Crippen LogP contribution in [0.15, 0.2) is 23.4 Å². The number of thioether (sulfide) groups is 1. The van der Waals surface area contributed by atoms with Gasteiger partial charge < -0.3 is 5.32 Å². The number of carbonyl (C=O) groups is 1. The molecule has 1 aliphatic carbocycles. The highest BCUT2D eigenvalue weighted by Crippen LogP contribution is 2.30. The summed E-state index contributed by atoms with van der Waals surface area (Å²) in [6, 6.07) is 4.16. The number of halogens is 2. The first-order chi connectivity index (χ1) is 11.6. The van der Waals surface area contributed by atoms with Crippen molar-refractivity contribution in [2.45, 2.75) is 43.3 Å². The second-order valence-corrected chi connectivity index (χ2v) is 7.01. The molecule has 6 nitrogen and oxygen atoms in total. The number of aromatic nitrogens is 4. The Hall–Kier alpha value is -1.67. The maximum atomic E-state index is 13.0. The number of amides is 1. The molecule has 3 rings (SSSR count). The fourth-order valence-electron chi connectivity index (χ4n) is 2.74. The molecular formula is C15H17ClFN5OS. The molecule has 9 heteroatoms. The SMILES string of the molecule is O=C(CSc1nnnn1C1CCCCC1)Nc1ccc(F)cc1Cl. The van der Waals surface area contributed by atoms with Crippen LogP contribution in [0.25, 0.3) is 0 Å². The highest BCUT2D eigenvalue weighted by atomic mass is 35.5. The van der Waals surface area contributed by atoms with E-state index in [0.29, 0.717) is 16.9 Å². The first-order valence-corrected chi connectivity index (χ1v) is 9.15. The highest BCUT2D eigenvalue weighted by molar-refractivity contribution is 7.99. The molecule has 0 atom stereocenters. The molecule has 0 bridgehead atoms. The molecule has 1 heterocycles. The van der Waals surface area contributed by atoms with E-state index in [9.17, 15) is 9.18 Å². The Morgan fingerprint density at radius 1 is 1.38 bits per heavy atom. The van der Waals surface area contributed by atoms with Crippen molar-refractivity contribution in [3.05, 3.63) is 29.0 Å². The molecule has 1 amide bonds. The predicted octanol–water partition coefficient (Wildman–Crippen LogP) is 3.70. The van der Waals surface area contributed by atoms with Crippen molar-refractivity contribution < 1.29 is 9.18 Å². The van der Waals surface area contributed by atoms with Crippen molar-refractivity contribution in [2.24, 2.45) is 0 Å². The third kappa shape index (κ3) is 4.24. The zero-order chi connectivity index (χ0) is 16.9. The van der Waals surface area contributed by atoms with Crippen LogP contribution in [0.3, 0.4) is 0 Å². The number of anilines is 1. The second kappa shape index (κ2) is 7.94. The van der Waals surface area contributed by atoms with Crippen molar-refractivity contribution in [3.63, 3.8) is 0 Å². The first kappa shape index (κ1) is 17.2. The van der Waals surface area contributed by atoms with Crippen molar-refractivity contribution in [1.82, 2.24) is 20.2 Å². The Labute approximate surface area is 148 Å². The molecule has 1 N–H and O–H groups in total. The van der Waals surface area contributed by atoms with Crippen molar-refractivity contribution >= 4 is 35.0 Å². The fraction of sp³-hybridized carbons (Fsp3) is 0.467. The van der Waals surface area contributed by atoms with Gasteiger partial charge in [-0.2, -0.15) is 0 Å². The van der Waals surface area contributed by atoms with Crippen LogP contribution in [0.1, 0.15) is 38.1 Å². The van der Waals surface area contributed by atoms with Gasteiger partial charge in [0, 0.05) is 0 Å². The quantitative estimate of drug-likeness (QED) is 0.813. The van der Waals surface area contributed by atoms with E-state index in [2.05, 4.69) is 20.8 Å². The van der Waals surface area contributed by atoms with Gasteiger partial charge in [0.1, 0.15) is 5.82 Å². The largest absolute Gasteiger partial charge is 0.324 e. The number of hydrogen-bond acceptors (Lipinski definition) is 5. The molecule has 0 aliphatic heterocycles. The van der Waals surface area contributed by atoms with E-state index in [1.165, 1.54) is 43.2 Å². The standard InChI is InChI=1S/C15H17ClFN5OS/c16-12-8-10(17)6-7-13(12)18-14(23)9-24-15-19-20-21-22(15)11-4-2-1-3-5-11/h6-8,11H,1-5,9H2,(H,18,23). The minimum absolute atomic E-state index is 0.154. The Kier molecular flexibility index (Phi) is 5.68. The van der Waals surface area contributed by atoms with E-state index in [4.69, 9.17) is 11.6 Å². The van der Waals surface area contributed by atoms with Crippen LogP contribution in [-0.4, -0.2) is 31.9 Å². The summed E-state index contributed by atoms with van der Waals surface area (Å²) in [4.78, 5) is 12.1. The van der Waals surface area contributed by atoms with E-state index < -0.39 is 5.82 Å². The molecule has 0 spiro atoms. The lowest BCUT2D eigenvalue weighted by atomic mass is 9.96. The van der Waals surface area contributed by atoms with Crippen LogP contribution in [0.4, 0.5) is 10.1 Å². The van der Waals surface area contributed by atoms with Crippen molar-refractivity contribution in [1.29, 1.82) is 0 Å². The number of nitrogens with one attached hydrogen (secondary N) is 1. The molecule has 128 valence electrons. The maximum absolute atomic E-state index is 13.0. The van der Waals surface area contributed by atoms with Gasteiger partial charge in [-0.25, -0.2) is 9.07 Å². The lowest BCUT2D eigenvalue weighted by molar-refractivity contribution is -0.113. The minimum atomic E-state index is -0.445. The zero-order valence-corrected chi connectivity index (χ0v) is 14.5. The number of nitrogens with zero attached hydrogens (tertiary/aromatic N) is 4. The van der Waals surface area contributed by atoms with Crippen LogP contribution >= 0.6 is 23.4 Å². The summed E-state index contributed by atoms with van der Waals surface area (Å²) >= 11 is 7.18. The molecule has 0 radical (unpaired) electrons. The van der Waals surface area contributed by atoms with Gasteiger partial charge in [0.15, 0.2) is 0 Å². The lowest BCUT2D eigenvalue weighted by Gasteiger charge is -2.21. The number of benzene rings is 1. The molecule has 1 aromatic carbocycles. The van der Waals surface area contributed by atoms with E-state index in [1.54, 1.807) is 0 Å². The Morgan fingerprint density at radius 2 is 2.17 bits per heavy atom. The van der Waals surface area contributed by atoms with Gasteiger partial charge >= 0.3 is 0 Å². The van der Waals surface area contributed by atoms with Crippen LogP contribution < -0.4 is 5.32 Å². The van der Waals surface area contributed by atoms with E-state index in [-0.39, 0.29) is 16.7 Å². The lowest BCUT2D eigenvalue weighted by Crippen LogP contribution is -2.17. The summed E-state index contributed by atoms with van der Waals surface area (Å²) in [6.45, 7) is 0. The van der Waals surface area contributed by atoms with Gasteiger partial charge in [0.25, 0.3) is 0 Å². The van der Waals surface area contributed by atoms with E-state index >= 15 is 0 Å². The Bertz CT molecular complexity index is 720. The fourth-order valence-corrected chi connectivity index (χ4v) is 3.70. The summed E-state index contributed by atoms with van der Waals surface area (Å²) < 4.78 is 14.8. The van der Waals surface area contributed by atoms with Crippen LogP contribution in [0.2, 0.25) is 5.02 Å². The molecular weight excluding hydrogens is 353 g/mol. The van der Waals surface area contributed by atoms with E-state index in [1.807, 2.05) is 4.68 Å². The number of rotatable bonds is 5. The number of tetrazole rings is 1. The summed E-state index contributed by atoms with van der Waals surface area (Å²) in [5.74, 6) is -0.536. The normalized spacial score (nSPS) is 15.4. The number of carbonyl (C=O) groups excluding carboxylic acids is 1. The van der Waals surface area contributed by atoms with E-state index in [0.717, 1.165) is 18.9 Å². The van der Waals surface area contributed by atoms with Crippen molar-refractivity contribution in [3.8, 4) is 0 Å². The van der Waals surface area contributed by atoms with Gasteiger partial charge in [-0.05, 0) is 41.5 Å². The topological polar surface area (TPSA) is 72.7 Å². The smallest absolute Gasteiger partial charge is 0.234 e. The molecule has 0 unspecified atom stereocenters. The first-order valence-electron chi connectivity index (χ1n) is 7.79. The summed E-state index contributed by atoms with van der Waals surface area (Å²) in [5, 5.41) is 15.3. The summed E-state index contributed by atoms with van der Waals surface area (Å²) in [5.41, 5.74) is 0.385. The van der Waals surface area contributed by atoms with Crippen LogP contribution in [0, 0.1) is 5.82 Å². The molecule has 1 aliphatic rings. The average Bonchev–Trinajstić information content (AvgIpc) is 3.05. The monoisotopic (exact) mass is 369 g/mol. The van der Waals surface area contributed by atoms with Crippen LogP contribution in [0.5, 0.6) is 0 Å². The molecule has 1 fully saturated rings. The van der Waals surface area contributed by atoms with Gasteiger partial charge in [-0.1, -0.05) is 42.6 Å². The Balaban J connectivity index is 1.57. The molecule has 2 aromatic rings. The third-order valence-electron chi connectivity index (χ3n) is 3.92. The summed E-state index contributed by atoms with van der Waals surface area (Å²) in [6.07, 6.45) is 5.74. The second-order valence-electron chi connectivity index (χ2n) is 5.66. The maximum Gasteiger partial charge on any atom is 0.234 e. The van der Waals surface area contributed by atoms with Gasteiger partial charge in [-0.15, -0.1) is 5.10 Å². The minimum Gasteiger partial charge on any atom is -0.324 e. The average molecular weight is 370 g/mol.